The fourth-order valence-corrected chi connectivity index (χ4v) is 3.48. The third-order valence-corrected chi connectivity index (χ3v) is 4.67. The van der Waals surface area contributed by atoms with E-state index in [9.17, 15) is 14.7 Å². The normalized spacial score (nSPS) is 18.7. The quantitative estimate of drug-likeness (QED) is 0.783. The monoisotopic (exact) mass is 307 g/mol. The molecule has 1 aliphatic heterocycles. The highest BCUT2D eigenvalue weighted by Crippen LogP contribution is 2.40. The second kappa shape index (κ2) is 6.89. The summed E-state index contributed by atoms with van der Waals surface area (Å²) >= 11 is 1.51. The minimum absolute atomic E-state index is 0.155. The van der Waals surface area contributed by atoms with Crippen molar-refractivity contribution < 1.29 is 14.7 Å². The first-order valence-corrected chi connectivity index (χ1v) is 8.30. The standard InChI is InChI=1S/C16H21NO3S/c1-3-5-6-9-17-14(12-8-7-10-21-12)13(11(18)4-2)15(19)16(17)20/h7-8,10,14,19H,3-6,9H2,1-2H3. The van der Waals surface area contributed by atoms with Gasteiger partial charge < -0.3 is 10.0 Å². The van der Waals surface area contributed by atoms with Gasteiger partial charge in [0.1, 0.15) is 0 Å². The molecule has 2 rings (SSSR count). The van der Waals surface area contributed by atoms with Crippen molar-refractivity contribution in [3.8, 4) is 0 Å². The average molecular weight is 307 g/mol. The number of amides is 1. The molecule has 0 bridgehead atoms. The molecule has 1 aromatic rings. The number of aliphatic hydroxyl groups excluding tert-OH is 1. The maximum atomic E-state index is 12.3. The zero-order valence-corrected chi connectivity index (χ0v) is 13.3. The van der Waals surface area contributed by atoms with Crippen LogP contribution in [0.4, 0.5) is 0 Å². The van der Waals surface area contributed by atoms with E-state index in [1.54, 1.807) is 11.8 Å². The molecule has 1 aliphatic rings. The third kappa shape index (κ3) is 3.02. The zero-order valence-electron chi connectivity index (χ0n) is 12.5. The van der Waals surface area contributed by atoms with E-state index in [1.165, 1.54) is 11.3 Å². The van der Waals surface area contributed by atoms with Gasteiger partial charge in [-0.15, -0.1) is 11.3 Å². The van der Waals surface area contributed by atoms with Gasteiger partial charge in [0.05, 0.1) is 11.6 Å². The zero-order chi connectivity index (χ0) is 15.4. The van der Waals surface area contributed by atoms with Crippen LogP contribution in [0.25, 0.3) is 0 Å². The van der Waals surface area contributed by atoms with Gasteiger partial charge in [-0.05, 0) is 17.9 Å². The number of ketones is 1. The number of carbonyl (C=O) groups is 2. The molecule has 0 saturated carbocycles. The van der Waals surface area contributed by atoms with Crippen molar-refractivity contribution in [2.75, 3.05) is 6.54 Å². The lowest BCUT2D eigenvalue weighted by Gasteiger charge is -2.25. The van der Waals surface area contributed by atoms with Crippen molar-refractivity contribution in [1.82, 2.24) is 4.90 Å². The Hall–Kier alpha value is -1.62. The van der Waals surface area contributed by atoms with Crippen molar-refractivity contribution in [3.05, 3.63) is 33.7 Å². The molecule has 2 heterocycles. The summed E-state index contributed by atoms with van der Waals surface area (Å²) in [6.07, 6.45) is 3.26. The van der Waals surface area contributed by atoms with Gasteiger partial charge in [-0.3, -0.25) is 9.59 Å². The third-order valence-electron chi connectivity index (χ3n) is 3.74. The maximum Gasteiger partial charge on any atom is 0.290 e. The fourth-order valence-electron chi connectivity index (χ4n) is 2.63. The molecule has 0 radical (unpaired) electrons. The summed E-state index contributed by atoms with van der Waals surface area (Å²) in [6, 6.07) is 3.40. The van der Waals surface area contributed by atoms with Crippen LogP contribution >= 0.6 is 11.3 Å². The predicted octanol–water partition coefficient (Wildman–Crippen LogP) is 3.61. The number of hydrogen-bond donors (Lipinski definition) is 1. The molecule has 1 aromatic heterocycles. The summed E-state index contributed by atoms with van der Waals surface area (Å²) in [7, 11) is 0. The van der Waals surface area contributed by atoms with Gasteiger partial charge in [-0.1, -0.05) is 32.8 Å². The number of aliphatic hydroxyl groups is 1. The lowest BCUT2D eigenvalue weighted by Crippen LogP contribution is -2.31. The molecule has 1 amide bonds. The first kappa shape index (κ1) is 15.8. The Bertz CT molecular complexity index is 548. The second-order valence-corrected chi connectivity index (χ2v) is 6.14. The molecule has 1 N–H and O–H groups in total. The van der Waals surface area contributed by atoms with Gasteiger partial charge in [0.25, 0.3) is 5.91 Å². The number of carbonyl (C=O) groups excluding carboxylic acids is 2. The molecular weight excluding hydrogens is 286 g/mol. The van der Waals surface area contributed by atoms with Gasteiger partial charge in [-0.2, -0.15) is 0 Å². The van der Waals surface area contributed by atoms with E-state index in [0.717, 1.165) is 24.1 Å². The van der Waals surface area contributed by atoms with Gasteiger partial charge in [0.15, 0.2) is 11.5 Å². The largest absolute Gasteiger partial charge is 0.503 e. The van der Waals surface area contributed by atoms with Crippen molar-refractivity contribution in [1.29, 1.82) is 0 Å². The number of unbranched alkanes of at least 4 members (excludes halogenated alkanes) is 2. The minimum atomic E-state index is -0.415. The summed E-state index contributed by atoms with van der Waals surface area (Å²) < 4.78 is 0. The molecule has 114 valence electrons. The van der Waals surface area contributed by atoms with Crippen molar-refractivity contribution in [2.24, 2.45) is 0 Å². The molecule has 4 nitrogen and oxygen atoms in total. The highest BCUT2D eigenvalue weighted by molar-refractivity contribution is 7.10. The summed E-state index contributed by atoms with van der Waals surface area (Å²) in [5.41, 5.74) is 0.265. The Kier molecular flexibility index (Phi) is 5.17. The Morgan fingerprint density at radius 2 is 2.14 bits per heavy atom. The van der Waals surface area contributed by atoms with Crippen LogP contribution in [0.2, 0.25) is 0 Å². The molecule has 5 heteroatoms. The van der Waals surface area contributed by atoms with E-state index in [-0.39, 0.29) is 23.5 Å². The van der Waals surface area contributed by atoms with Crippen LogP contribution in [0.5, 0.6) is 0 Å². The van der Waals surface area contributed by atoms with E-state index in [0.29, 0.717) is 6.54 Å². The lowest BCUT2D eigenvalue weighted by atomic mass is 10.0. The average Bonchev–Trinajstić information content (AvgIpc) is 3.08. The smallest absolute Gasteiger partial charge is 0.290 e. The first-order chi connectivity index (χ1) is 10.1. The number of hydrogen-bond acceptors (Lipinski definition) is 4. The molecular formula is C16H21NO3S. The van der Waals surface area contributed by atoms with Gasteiger partial charge in [0.2, 0.25) is 0 Å². The van der Waals surface area contributed by atoms with Gasteiger partial charge in [0, 0.05) is 17.8 Å². The molecule has 0 spiro atoms. The van der Waals surface area contributed by atoms with E-state index >= 15 is 0 Å². The Labute approximate surface area is 129 Å². The van der Waals surface area contributed by atoms with Crippen LogP contribution < -0.4 is 0 Å². The lowest BCUT2D eigenvalue weighted by molar-refractivity contribution is -0.129. The number of nitrogens with zero attached hydrogens (tertiary/aromatic N) is 1. The molecule has 1 unspecified atom stereocenters. The topological polar surface area (TPSA) is 57.6 Å². The molecule has 0 aromatic carbocycles. The molecule has 0 aliphatic carbocycles. The number of thiophene rings is 1. The maximum absolute atomic E-state index is 12.3. The van der Waals surface area contributed by atoms with Crippen molar-refractivity contribution >= 4 is 23.0 Å². The highest BCUT2D eigenvalue weighted by Gasteiger charge is 2.42. The predicted molar refractivity (Wildman–Crippen MR) is 83.3 cm³/mol. The minimum Gasteiger partial charge on any atom is -0.503 e. The Morgan fingerprint density at radius 1 is 1.38 bits per heavy atom. The van der Waals surface area contributed by atoms with Crippen LogP contribution in [0.3, 0.4) is 0 Å². The van der Waals surface area contributed by atoms with Crippen LogP contribution in [-0.2, 0) is 9.59 Å². The molecule has 21 heavy (non-hydrogen) atoms. The summed E-state index contributed by atoms with van der Waals surface area (Å²) in [6.45, 7) is 4.42. The van der Waals surface area contributed by atoms with Crippen LogP contribution in [0.15, 0.2) is 28.8 Å². The van der Waals surface area contributed by atoms with Crippen LogP contribution in [0, 0.1) is 0 Å². The van der Waals surface area contributed by atoms with E-state index < -0.39 is 11.9 Å². The number of rotatable bonds is 7. The van der Waals surface area contributed by atoms with E-state index in [2.05, 4.69) is 6.92 Å². The first-order valence-electron chi connectivity index (χ1n) is 7.42. The SMILES string of the molecule is CCCCCN1C(=O)C(O)=C(C(=O)CC)C1c1cccs1. The Morgan fingerprint density at radius 3 is 2.71 bits per heavy atom. The molecule has 0 saturated heterocycles. The fraction of sp³-hybridized carbons (Fsp3) is 0.500. The van der Waals surface area contributed by atoms with Gasteiger partial charge in [-0.25, -0.2) is 0 Å². The summed E-state index contributed by atoms with van der Waals surface area (Å²) in [5.74, 6) is -0.935. The Balaban J connectivity index is 2.34. The second-order valence-electron chi connectivity index (χ2n) is 5.16. The van der Waals surface area contributed by atoms with Gasteiger partial charge >= 0.3 is 0 Å². The summed E-state index contributed by atoms with van der Waals surface area (Å²) in [5, 5.41) is 12.1. The van der Waals surface area contributed by atoms with Crippen LogP contribution in [0.1, 0.15) is 50.4 Å². The van der Waals surface area contributed by atoms with E-state index in [1.807, 2.05) is 17.5 Å². The van der Waals surface area contributed by atoms with Crippen molar-refractivity contribution in [3.63, 3.8) is 0 Å². The van der Waals surface area contributed by atoms with E-state index in [4.69, 9.17) is 0 Å². The molecule has 1 atom stereocenters. The van der Waals surface area contributed by atoms with Crippen molar-refractivity contribution in [2.45, 2.75) is 45.6 Å². The van der Waals surface area contributed by atoms with Crippen LogP contribution in [-0.4, -0.2) is 28.2 Å². The molecule has 0 fully saturated rings. The highest BCUT2D eigenvalue weighted by atomic mass is 32.1. The summed E-state index contributed by atoms with van der Waals surface area (Å²) in [4.78, 5) is 27.0. The number of Topliss-reactive ketones (excluding diaryl/α,β-unsaturated/α-hetero) is 1.